The van der Waals surface area contributed by atoms with Gasteiger partial charge in [-0.15, -0.1) is 0 Å². The lowest BCUT2D eigenvalue weighted by molar-refractivity contribution is 0.0924. The van der Waals surface area contributed by atoms with Crippen molar-refractivity contribution in [1.29, 1.82) is 0 Å². The van der Waals surface area contributed by atoms with Gasteiger partial charge in [0.1, 0.15) is 13.7 Å². The van der Waals surface area contributed by atoms with Crippen LogP contribution < -0.4 is 0 Å². The van der Waals surface area contributed by atoms with Gasteiger partial charge in [0.2, 0.25) is 5.98 Å². The molecule has 0 spiro atoms. The number of likely N-dealkylation sites (N-methyl/N-ethyl adjacent to an activating group) is 1. The van der Waals surface area contributed by atoms with Crippen molar-refractivity contribution in [2.45, 2.75) is 13.3 Å². The van der Waals surface area contributed by atoms with E-state index in [0.717, 1.165) is 36.6 Å². The summed E-state index contributed by atoms with van der Waals surface area (Å²) in [7, 11) is 2.00. The van der Waals surface area contributed by atoms with E-state index in [-0.39, 0.29) is 25.2 Å². The van der Waals surface area contributed by atoms with Crippen LogP contribution in [0.25, 0.3) is 0 Å². The van der Waals surface area contributed by atoms with Crippen LogP contribution in [0.5, 0.6) is 0 Å². The van der Waals surface area contributed by atoms with Gasteiger partial charge in [-0.3, -0.25) is 9.80 Å². The molecule has 7 heteroatoms. The average molecular weight is 459 g/mol. The Bertz CT molecular complexity index is 985. The molecule has 0 bridgehead atoms. The predicted molar refractivity (Wildman–Crippen MR) is 131 cm³/mol. The van der Waals surface area contributed by atoms with Crippen LogP contribution in [-0.4, -0.2) is 73.5 Å². The number of Topliss-reactive ketones (excluding diaryl/α,β-unsaturated/α-hetero) is 1. The van der Waals surface area contributed by atoms with E-state index >= 15 is 0 Å². The number of ketones is 1. The Morgan fingerprint density at radius 3 is 3.00 bits per heavy atom. The molecule has 3 unspecified atom stereocenters. The summed E-state index contributed by atoms with van der Waals surface area (Å²) in [6.07, 6.45) is 8.49. The van der Waals surface area contributed by atoms with Crippen LogP contribution in [0.2, 0.25) is 5.02 Å². The quantitative estimate of drug-likeness (QED) is 0.404. The fraction of sp³-hybridized carbons (Fsp3) is 0.458. The second-order valence-electron chi connectivity index (χ2n) is 8.37. The molecule has 1 heterocycles. The van der Waals surface area contributed by atoms with E-state index in [1.165, 1.54) is 12.6 Å². The fourth-order valence-corrected chi connectivity index (χ4v) is 5.88. The Balaban J connectivity index is 1.42. The first-order valence-electron chi connectivity index (χ1n) is 10.9. The maximum absolute atomic E-state index is 13.1. The number of carbonyl (C=O) groups is 1. The van der Waals surface area contributed by atoms with Gasteiger partial charge in [0.05, 0.1) is 42.4 Å². The zero-order valence-electron chi connectivity index (χ0n) is 18.4. The summed E-state index contributed by atoms with van der Waals surface area (Å²) >= 11 is 6.39. The van der Waals surface area contributed by atoms with E-state index in [4.69, 9.17) is 21.4 Å². The molecular formula is C24H30ClN3O2P+. The number of carbonyl (C=O) groups excluding carboxylic acids is 1. The summed E-state index contributed by atoms with van der Waals surface area (Å²) in [5.74, 6) is 1.90. The van der Waals surface area contributed by atoms with E-state index in [1.807, 2.05) is 30.3 Å². The number of fused-ring (bicyclic) bond motifs is 2. The van der Waals surface area contributed by atoms with Gasteiger partial charge in [0, 0.05) is 29.9 Å². The van der Waals surface area contributed by atoms with Gasteiger partial charge in [-0.05, 0) is 25.6 Å². The zero-order chi connectivity index (χ0) is 22.0. The molecule has 5 nitrogen and oxygen atoms in total. The van der Waals surface area contributed by atoms with Crippen LogP contribution in [0.15, 0.2) is 47.2 Å². The number of allylic oxidation sites excluding steroid dienone is 4. The molecule has 0 amide bonds. The van der Waals surface area contributed by atoms with Gasteiger partial charge in [0.15, 0.2) is 5.78 Å². The highest BCUT2D eigenvalue weighted by Crippen LogP contribution is 2.44. The lowest BCUT2D eigenvalue weighted by Crippen LogP contribution is -2.37. The molecule has 4 rings (SSSR count). The first-order chi connectivity index (χ1) is 15.0. The minimum atomic E-state index is -0.218. The fourth-order valence-electron chi connectivity index (χ4n) is 4.44. The summed E-state index contributed by atoms with van der Waals surface area (Å²) in [6.45, 7) is 7.68. The molecule has 2 aliphatic carbocycles. The first kappa shape index (κ1) is 22.4. The number of benzene rings is 1. The highest BCUT2D eigenvalue weighted by molar-refractivity contribution is 7.56. The predicted octanol–water partition coefficient (Wildman–Crippen LogP) is 4.47. The molecule has 1 aromatic rings. The lowest BCUT2D eigenvalue weighted by Gasteiger charge is -2.31. The monoisotopic (exact) mass is 458 g/mol. The van der Waals surface area contributed by atoms with Gasteiger partial charge in [-0.1, -0.05) is 42.8 Å². The molecule has 0 N–H and O–H groups in total. The number of hydrogen-bond acceptors (Lipinski definition) is 5. The third-order valence-electron chi connectivity index (χ3n) is 6.04. The van der Waals surface area contributed by atoms with Gasteiger partial charge in [-0.2, -0.15) is 5.10 Å². The Morgan fingerprint density at radius 2 is 2.19 bits per heavy atom. The van der Waals surface area contributed by atoms with E-state index in [1.54, 1.807) is 6.07 Å². The minimum Gasteiger partial charge on any atom is -0.315 e. The largest absolute Gasteiger partial charge is 0.315 e. The summed E-state index contributed by atoms with van der Waals surface area (Å²) < 4.78 is 5.75. The van der Waals surface area contributed by atoms with E-state index < -0.39 is 0 Å². The van der Waals surface area contributed by atoms with Crippen LogP contribution in [-0.2, 0) is 4.74 Å². The highest BCUT2D eigenvalue weighted by Gasteiger charge is 2.47. The van der Waals surface area contributed by atoms with E-state index in [0.29, 0.717) is 17.2 Å². The summed E-state index contributed by atoms with van der Waals surface area (Å²) in [6, 6.07) is 5.65. The Kier molecular flexibility index (Phi) is 7.08. The number of ether oxygens (including phenoxy) is 1. The molecule has 31 heavy (non-hydrogen) atoms. The van der Waals surface area contributed by atoms with Crippen LogP contribution >= 0.6 is 19.1 Å². The number of hydrazone groups is 1. The standard InChI is InChI=1S/C24H30ClN3O2P/c1-4-15-31(3)16-30-14-13-27(2)11-12-28-20-10-6-8-18-22(20)23(26-28)17-7-5-9-19(25)21(17)24(18)29/h5-10,16,18,22H,4,11-15H2,1-3H3/q+1. The van der Waals surface area contributed by atoms with E-state index in [9.17, 15) is 4.79 Å². The Hall–Kier alpha value is -1.78. The summed E-state index contributed by atoms with van der Waals surface area (Å²) in [5, 5.41) is 7.53. The molecule has 0 saturated carbocycles. The van der Waals surface area contributed by atoms with Crippen LogP contribution in [0.3, 0.4) is 0 Å². The van der Waals surface area contributed by atoms with Crippen molar-refractivity contribution in [2.24, 2.45) is 16.9 Å². The van der Waals surface area contributed by atoms with Crippen LogP contribution in [0, 0.1) is 11.8 Å². The van der Waals surface area contributed by atoms with Crippen molar-refractivity contribution < 1.29 is 9.53 Å². The van der Waals surface area contributed by atoms with Gasteiger partial charge >= 0.3 is 0 Å². The molecule has 1 aromatic carbocycles. The van der Waals surface area contributed by atoms with Crippen LogP contribution in [0.1, 0.15) is 29.3 Å². The molecule has 0 radical (unpaired) electrons. The zero-order valence-corrected chi connectivity index (χ0v) is 20.1. The second-order valence-corrected chi connectivity index (χ2v) is 11.0. The first-order valence-corrected chi connectivity index (χ1v) is 13.3. The summed E-state index contributed by atoms with van der Waals surface area (Å²) in [4.78, 5) is 15.4. The van der Waals surface area contributed by atoms with Gasteiger partial charge in [0.25, 0.3) is 0 Å². The lowest BCUT2D eigenvalue weighted by atomic mass is 9.71. The molecule has 0 saturated heterocycles. The third kappa shape index (κ3) is 4.56. The number of hydrogen-bond donors (Lipinski definition) is 0. The molecule has 1 aliphatic heterocycles. The van der Waals surface area contributed by atoms with Crippen molar-refractivity contribution in [3.63, 3.8) is 0 Å². The summed E-state index contributed by atoms with van der Waals surface area (Å²) in [5.41, 5.74) is 3.56. The molecule has 3 atom stereocenters. The van der Waals surface area contributed by atoms with Crippen molar-refractivity contribution in [3.8, 4) is 0 Å². The van der Waals surface area contributed by atoms with Crippen molar-refractivity contribution >= 4 is 36.6 Å². The SMILES string of the molecule is CCC/[P+](C)=C\OCCN(C)CCN1N=C2c3cccc(Cl)c3C(=O)C3C=CC=C1C23. The molecule has 0 fully saturated rings. The number of nitrogens with zero attached hydrogens (tertiary/aromatic N) is 3. The normalized spacial score (nSPS) is 21.9. The molecule has 3 aliphatic rings. The molecule has 0 aromatic heterocycles. The maximum Gasteiger partial charge on any atom is 0.211 e. The van der Waals surface area contributed by atoms with Crippen LogP contribution in [0.4, 0.5) is 0 Å². The van der Waals surface area contributed by atoms with Crippen molar-refractivity contribution in [2.75, 3.05) is 46.1 Å². The number of rotatable bonds is 9. The van der Waals surface area contributed by atoms with Gasteiger partial charge in [-0.25, -0.2) is 0 Å². The molecular weight excluding hydrogens is 429 g/mol. The highest BCUT2D eigenvalue weighted by atomic mass is 35.5. The average Bonchev–Trinajstić information content (AvgIpc) is 3.13. The topological polar surface area (TPSA) is 45.1 Å². The Labute approximate surface area is 190 Å². The number of halogens is 1. The Morgan fingerprint density at radius 1 is 1.35 bits per heavy atom. The third-order valence-corrected chi connectivity index (χ3v) is 8.01. The maximum atomic E-state index is 13.1. The van der Waals surface area contributed by atoms with Crippen molar-refractivity contribution in [3.05, 3.63) is 58.3 Å². The molecule has 164 valence electrons. The second kappa shape index (κ2) is 9.79. The van der Waals surface area contributed by atoms with Gasteiger partial charge < -0.3 is 9.64 Å². The minimum absolute atomic E-state index is 0.00549. The van der Waals surface area contributed by atoms with E-state index in [2.05, 4.69) is 36.6 Å². The smallest absolute Gasteiger partial charge is 0.211 e. The van der Waals surface area contributed by atoms with Crippen molar-refractivity contribution in [1.82, 2.24) is 9.91 Å².